The molecule has 0 aromatic rings. The highest BCUT2D eigenvalue weighted by atomic mass is 127. The third-order valence-electron chi connectivity index (χ3n) is 1.55. The SMILES string of the molecule is COC(C)C(NC(=O)I)C(C)=O. The maximum Gasteiger partial charge on any atom is 0.281 e. The first kappa shape index (κ1) is 11.8. The number of Topliss-reactive ketones (excluding diaryl/α,β-unsaturated/α-hetero) is 1. The monoisotopic (exact) mass is 285 g/mol. The molecule has 0 aliphatic rings. The summed E-state index contributed by atoms with van der Waals surface area (Å²) in [5.41, 5.74) is 0. The van der Waals surface area contributed by atoms with E-state index in [4.69, 9.17) is 4.74 Å². The molecule has 0 bridgehead atoms. The van der Waals surface area contributed by atoms with Gasteiger partial charge in [0.25, 0.3) is 3.91 Å². The van der Waals surface area contributed by atoms with Crippen LogP contribution < -0.4 is 5.32 Å². The number of halogens is 1. The number of methoxy groups -OCH3 is 1. The number of carbonyl (C=O) groups is 2. The van der Waals surface area contributed by atoms with Crippen molar-refractivity contribution in [3.63, 3.8) is 0 Å². The Morgan fingerprint density at radius 1 is 1.50 bits per heavy atom. The van der Waals surface area contributed by atoms with Crippen LogP contribution in [0.5, 0.6) is 0 Å². The van der Waals surface area contributed by atoms with Crippen LogP contribution in [0.15, 0.2) is 0 Å². The van der Waals surface area contributed by atoms with Crippen LogP contribution in [0.3, 0.4) is 0 Å². The molecule has 0 radical (unpaired) electrons. The number of ketones is 1. The third kappa shape index (κ3) is 4.01. The van der Waals surface area contributed by atoms with Crippen molar-refractivity contribution in [1.29, 1.82) is 0 Å². The van der Waals surface area contributed by atoms with Crippen molar-refractivity contribution >= 4 is 32.3 Å². The number of hydrogen-bond acceptors (Lipinski definition) is 3. The van der Waals surface area contributed by atoms with Crippen molar-refractivity contribution in [2.75, 3.05) is 7.11 Å². The highest BCUT2D eigenvalue weighted by Gasteiger charge is 2.22. The zero-order valence-electron chi connectivity index (χ0n) is 7.26. The van der Waals surface area contributed by atoms with Gasteiger partial charge in [-0.25, -0.2) is 0 Å². The topological polar surface area (TPSA) is 55.4 Å². The molecule has 4 nitrogen and oxygen atoms in total. The second-order valence-electron chi connectivity index (χ2n) is 2.45. The normalized spacial score (nSPS) is 15.0. The molecule has 0 saturated carbocycles. The van der Waals surface area contributed by atoms with Crippen molar-refractivity contribution in [3.05, 3.63) is 0 Å². The molecule has 0 rings (SSSR count). The third-order valence-corrected chi connectivity index (χ3v) is 1.86. The van der Waals surface area contributed by atoms with Gasteiger partial charge < -0.3 is 10.1 Å². The van der Waals surface area contributed by atoms with Crippen LogP contribution in [-0.2, 0) is 9.53 Å². The molecule has 0 heterocycles. The van der Waals surface area contributed by atoms with Gasteiger partial charge in [0.1, 0.15) is 6.04 Å². The molecular formula is C7H12INO3. The zero-order chi connectivity index (χ0) is 9.72. The predicted octanol–water partition coefficient (Wildman–Crippen LogP) is 1.12. The Morgan fingerprint density at radius 3 is 2.25 bits per heavy atom. The Morgan fingerprint density at radius 2 is 2.00 bits per heavy atom. The highest BCUT2D eigenvalue weighted by molar-refractivity contribution is 14.1. The Bertz CT molecular complexity index is 183. The van der Waals surface area contributed by atoms with Crippen molar-refractivity contribution < 1.29 is 14.3 Å². The molecule has 0 aliphatic heterocycles. The van der Waals surface area contributed by atoms with Gasteiger partial charge in [0.05, 0.1) is 6.10 Å². The fourth-order valence-electron chi connectivity index (χ4n) is 0.808. The molecule has 2 unspecified atom stereocenters. The minimum absolute atomic E-state index is 0.102. The summed E-state index contributed by atoms with van der Waals surface area (Å²) < 4.78 is 4.68. The molecule has 0 spiro atoms. The molecule has 0 fully saturated rings. The summed E-state index contributed by atoms with van der Waals surface area (Å²) in [6.45, 7) is 3.16. The molecule has 1 amide bonds. The molecule has 0 aliphatic carbocycles. The van der Waals surface area contributed by atoms with Crippen molar-refractivity contribution in [2.45, 2.75) is 26.0 Å². The summed E-state index contributed by atoms with van der Waals surface area (Å²) in [4.78, 5) is 21.6. The van der Waals surface area contributed by atoms with E-state index in [2.05, 4.69) is 5.32 Å². The van der Waals surface area contributed by atoms with Gasteiger partial charge in [0.15, 0.2) is 5.78 Å². The van der Waals surface area contributed by atoms with Gasteiger partial charge in [-0.15, -0.1) is 0 Å². The number of hydrogen-bond donors (Lipinski definition) is 1. The van der Waals surface area contributed by atoms with Crippen LogP contribution in [-0.4, -0.2) is 29.0 Å². The highest BCUT2D eigenvalue weighted by Crippen LogP contribution is 2.00. The van der Waals surface area contributed by atoms with Crippen molar-refractivity contribution in [1.82, 2.24) is 5.32 Å². The number of ether oxygens (including phenoxy) is 1. The average molecular weight is 285 g/mol. The zero-order valence-corrected chi connectivity index (χ0v) is 9.41. The maximum atomic E-state index is 11.0. The average Bonchev–Trinajstić information content (AvgIpc) is 1.98. The Hall–Kier alpha value is -0.170. The van der Waals surface area contributed by atoms with E-state index < -0.39 is 6.04 Å². The predicted molar refractivity (Wildman–Crippen MR) is 53.5 cm³/mol. The second kappa shape index (κ2) is 5.47. The molecular weight excluding hydrogens is 273 g/mol. The number of amides is 1. The van der Waals surface area contributed by atoms with E-state index in [1.807, 2.05) is 0 Å². The lowest BCUT2D eigenvalue weighted by atomic mass is 10.1. The summed E-state index contributed by atoms with van der Waals surface area (Å²) in [6, 6.07) is -0.542. The van der Waals surface area contributed by atoms with Crippen LogP contribution >= 0.6 is 22.6 Å². The van der Waals surface area contributed by atoms with Crippen LogP contribution in [0.4, 0.5) is 4.79 Å². The lowest BCUT2D eigenvalue weighted by molar-refractivity contribution is -0.121. The number of rotatable bonds is 4. The molecule has 12 heavy (non-hydrogen) atoms. The lowest BCUT2D eigenvalue weighted by Crippen LogP contribution is -2.45. The fourth-order valence-corrected chi connectivity index (χ4v) is 1.14. The van der Waals surface area contributed by atoms with Gasteiger partial charge in [-0.1, -0.05) is 0 Å². The van der Waals surface area contributed by atoms with Crippen LogP contribution in [0, 0.1) is 0 Å². The molecule has 1 N–H and O–H groups in total. The first-order valence-electron chi connectivity index (χ1n) is 3.48. The van der Waals surface area contributed by atoms with Gasteiger partial charge in [0.2, 0.25) is 0 Å². The lowest BCUT2D eigenvalue weighted by Gasteiger charge is -2.19. The smallest absolute Gasteiger partial charge is 0.281 e. The summed E-state index contributed by atoms with van der Waals surface area (Å²) in [5, 5.41) is 2.50. The van der Waals surface area contributed by atoms with Gasteiger partial charge in [-0.3, -0.25) is 9.59 Å². The first-order valence-corrected chi connectivity index (χ1v) is 4.56. The van der Waals surface area contributed by atoms with Crippen molar-refractivity contribution in [3.8, 4) is 0 Å². The minimum atomic E-state index is -0.542. The Balaban J connectivity index is 4.22. The summed E-state index contributed by atoms with van der Waals surface area (Å²) >= 11 is 1.58. The standard InChI is InChI=1S/C7H12INO3/c1-4(10)6(5(2)12-3)9-7(8)11/h5-6H,1-3H3,(H,9,11). The second-order valence-corrected chi connectivity index (χ2v) is 3.43. The molecule has 0 aromatic carbocycles. The van der Waals surface area contributed by atoms with Crippen LogP contribution in [0.2, 0.25) is 0 Å². The molecule has 70 valence electrons. The first-order chi connectivity index (χ1) is 5.49. The van der Waals surface area contributed by atoms with Gasteiger partial charge in [-0.2, -0.15) is 0 Å². The maximum absolute atomic E-state index is 11.0. The quantitative estimate of drug-likeness (QED) is 0.478. The van der Waals surface area contributed by atoms with Crippen LogP contribution in [0.1, 0.15) is 13.8 Å². The number of carbonyl (C=O) groups excluding carboxylic acids is 2. The van der Waals surface area contributed by atoms with E-state index >= 15 is 0 Å². The Labute approximate surface area is 85.2 Å². The minimum Gasteiger partial charge on any atom is -0.379 e. The van der Waals surface area contributed by atoms with Crippen molar-refractivity contribution in [2.24, 2.45) is 0 Å². The largest absolute Gasteiger partial charge is 0.379 e. The van der Waals surface area contributed by atoms with Gasteiger partial charge in [-0.05, 0) is 13.8 Å². The van der Waals surface area contributed by atoms with Crippen LogP contribution in [0.25, 0.3) is 0 Å². The Kier molecular flexibility index (Phi) is 5.39. The fraction of sp³-hybridized carbons (Fsp3) is 0.714. The number of nitrogens with one attached hydrogen (secondary N) is 1. The molecule has 0 aromatic heterocycles. The van der Waals surface area contributed by atoms with E-state index in [9.17, 15) is 9.59 Å². The molecule has 5 heteroatoms. The van der Waals surface area contributed by atoms with E-state index in [1.165, 1.54) is 14.0 Å². The van der Waals surface area contributed by atoms with Gasteiger partial charge >= 0.3 is 0 Å². The molecule has 0 saturated heterocycles. The summed E-state index contributed by atoms with van der Waals surface area (Å²) in [6.07, 6.45) is -0.291. The van der Waals surface area contributed by atoms with Gasteiger partial charge in [0, 0.05) is 29.7 Å². The van der Waals surface area contributed by atoms with E-state index in [1.54, 1.807) is 29.5 Å². The van der Waals surface area contributed by atoms with E-state index in [0.717, 1.165) is 0 Å². The van der Waals surface area contributed by atoms with E-state index in [-0.39, 0.29) is 15.8 Å². The summed E-state index contributed by atoms with van der Waals surface area (Å²) in [5.74, 6) is -0.102. The molecule has 2 atom stereocenters. The summed E-state index contributed by atoms with van der Waals surface area (Å²) in [7, 11) is 1.50. The van der Waals surface area contributed by atoms with E-state index in [0.29, 0.717) is 0 Å².